The zero-order chi connectivity index (χ0) is 39.3. The van der Waals surface area contributed by atoms with Crippen molar-refractivity contribution < 1.29 is 4.57 Å². The van der Waals surface area contributed by atoms with E-state index < -0.39 is 7.14 Å². The van der Waals surface area contributed by atoms with E-state index in [2.05, 4.69) is 181 Å². The van der Waals surface area contributed by atoms with Crippen LogP contribution in [0.4, 0.5) is 17.1 Å². The summed E-state index contributed by atoms with van der Waals surface area (Å²) in [5, 5.41) is 2.33. The summed E-state index contributed by atoms with van der Waals surface area (Å²) in [6, 6.07) is 79.8. The second-order valence-corrected chi connectivity index (χ2v) is 17.5. The molecule has 1 atom stereocenters. The van der Waals surface area contributed by atoms with Gasteiger partial charge in [0.1, 0.15) is 0 Å². The SMILES string of the molecule is O=P1(c2cccc(-c3ccccc3)c2)C2=C(c3ccc#cc31)c1ccccc1N(c1ccc(-c3cc(-c4ccccc4)cc(-c4ccccc4)n3)cc1)c1ccccc12. The Balaban J connectivity index is 1.08. The number of aromatic nitrogens is 1. The van der Waals surface area contributed by atoms with Crippen molar-refractivity contribution in [1.82, 2.24) is 4.98 Å². The van der Waals surface area contributed by atoms with Gasteiger partial charge in [-0.15, -0.1) is 0 Å². The maximum Gasteiger partial charge on any atom is 0.181 e. The first-order valence-corrected chi connectivity index (χ1v) is 21.5. The summed E-state index contributed by atoms with van der Waals surface area (Å²) in [5.74, 6) is 0. The highest BCUT2D eigenvalue weighted by atomic mass is 31.2. The Hall–Kier alpha value is -7.50. The van der Waals surface area contributed by atoms with E-state index in [9.17, 15) is 0 Å². The Morgan fingerprint density at radius 3 is 1.66 bits per heavy atom. The van der Waals surface area contributed by atoms with Gasteiger partial charge in [0.2, 0.25) is 0 Å². The summed E-state index contributed by atoms with van der Waals surface area (Å²) >= 11 is 0. The molecule has 0 saturated heterocycles. The second kappa shape index (κ2) is 14.2. The summed E-state index contributed by atoms with van der Waals surface area (Å²) in [6.07, 6.45) is 0. The average Bonchev–Trinajstić information content (AvgIpc) is 3.51. The highest BCUT2D eigenvalue weighted by molar-refractivity contribution is 7.88. The van der Waals surface area contributed by atoms with Crippen LogP contribution in [0.5, 0.6) is 0 Å². The van der Waals surface area contributed by atoms with Crippen LogP contribution in [0.3, 0.4) is 0 Å². The third-order valence-electron chi connectivity index (χ3n) is 11.5. The van der Waals surface area contributed by atoms with E-state index >= 15 is 4.57 Å². The number of benzene rings is 7. The molecule has 0 bridgehead atoms. The summed E-state index contributed by atoms with van der Waals surface area (Å²) in [7, 11) is -3.48. The number of pyridine rings is 1. The molecule has 0 amide bonds. The molecule has 1 unspecified atom stereocenters. The lowest BCUT2D eigenvalue weighted by Gasteiger charge is -2.29. The van der Waals surface area contributed by atoms with Crippen LogP contribution in [-0.4, -0.2) is 4.98 Å². The molecule has 0 radical (unpaired) electrons. The van der Waals surface area contributed by atoms with Crippen LogP contribution in [0.2, 0.25) is 0 Å². The molecular weight excluding hydrogens is 736 g/mol. The van der Waals surface area contributed by atoms with Crippen LogP contribution in [-0.2, 0) is 4.57 Å². The molecule has 9 aromatic rings. The van der Waals surface area contributed by atoms with E-state index in [-0.39, 0.29) is 0 Å². The first kappa shape index (κ1) is 34.7. The van der Waals surface area contributed by atoms with Crippen molar-refractivity contribution in [2.45, 2.75) is 0 Å². The first-order valence-electron chi connectivity index (χ1n) is 19.8. The summed E-state index contributed by atoms with van der Waals surface area (Å²) in [6.45, 7) is 0. The molecular formula is C55H35N2OP. The maximum atomic E-state index is 16.5. The Morgan fingerprint density at radius 2 is 0.983 bits per heavy atom. The van der Waals surface area contributed by atoms with Crippen molar-refractivity contribution in [3.63, 3.8) is 0 Å². The van der Waals surface area contributed by atoms with Crippen molar-refractivity contribution in [2.24, 2.45) is 0 Å². The van der Waals surface area contributed by atoms with Crippen molar-refractivity contribution in [3.8, 4) is 44.8 Å². The first-order chi connectivity index (χ1) is 29.1. The van der Waals surface area contributed by atoms with E-state index in [1.165, 1.54) is 0 Å². The van der Waals surface area contributed by atoms with E-state index in [0.717, 1.165) is 94.7 Å². The number of hydrogen-bond donors (Lipinski definition) is 0. The van der Waals surface area contributed by atoms with Crippen LogP contribution in [0.25, 0.3) is 55.7 Å². The van der Waals surface area contributed by atoms with E-state index in [1.807, 2.05) is 48.5 Å². The lowest BCUT2D eigenvalue weighted by Crippen LogP contribution is -2.17. The minimum Gasteiger partial charge on any atom is -0.309 e. The van der Waals surface area contributed by atoms with Gasteiger partial charge in [0.05, 0.1) is 28.1 Å². The van der Waals surface area contributed by atoms with E-state index in [1.54, 1.807) is 0 Å². The summed E-state index contributed by atoms with van der Waals surface area (Å²) < 4.78 is 16.5. The normalized spacial score (nSPS) is 15.0. The fourth-order valence-corrected chi connectivity index (χ4v) is 11.9. The van der Waals surface area contributed by atoms with Gasteiger partial charge in [0.25, 0.3) is 0 Å². The Morgan fingerprint density at radius 1 is 0.441 bits per heavy atom. The number of hydrogen-bond acceptors (Lipinski definition) is 3. The number of para-hydroxylation sites is 2. The minimum atomic E-state index is -3.48. The molecule has 11 rings (SSSR count). The zero-order valence-electron chi connectivity index (χ0n) is 32.0. The number of rotatable bonds is 6. The zero-order valence-corrected chi connectivity index (χ0v) is 32.9. The second-order valence-electron chi connectivity index (χ2n) is 14.9. The van der Waals surface area contributed by atoms with Crippen LogP contribution >= 0.6 is 7.14 Å². The predicted molar refractivity (Wildman–Crippen MR) is 244 cm³/mol. The molecule has 0 spiro atoms. The van der Waals surface area contributed by atoms with Crippen LogP contribution in [0.1, 0.15) is 16.7 Å². The van der Waals surface area contributed by atoms with E-state index in [0.29, 0.717) is 5.30 Å². The Bertz CT molecular complexity index is 3060. The number of anilines is 3. The van der Waals surface area contributed by atoms with Crippen LogP contribution < -0.4 is 15.5 Å². The molecule has 2 aliphatic rings. The van der Waals surface area contributed by atoms with Gasteiger partial charge in [0.15, 0.2) is 7.14 Å². The molecule has 276 valence electrons. The molecule has 0 aliphatic carbocycles. The molecule has 3 heterocycles. The highest BCUT2D eigenvalue weighted by Crippen LogP contribution is 2.68. The molecule has 2 aliphatic heterocycles. The van der Waals surface area contributed by atoms with Crippen LogP contribution in [0, 0.1) is 12.1 Å². The van der Waals surface area contributed by atoms with Crippen molar-refractivity contribution in [2.75, 3.05) is 4.90 Å². The highest BCUT2D eigenvalue weighted by Gasteiger charge is 2.47. The molecule has 59 heavy (non-hydrogen) atoms. The molecule has 0 N–H and O–H groups in total. The topological polar surface area (TPSA) is 33.2 Å². The van der Waals surface area contributed by atoms with Crippen molar-refractivity contribution in [3.05, 3.63) is 241 Å². The molecule has 4 heteroatoms. The largest absolute Gasteiger partial charge is 0.309 e. The summed E-state index contributed by atoms with van der Waals surface area (Å²) in [5.41, 5.74) is 15.1. The van der Waals surface area contributed by atoms with Crippen LogP contribution in [0.15, 0.2) is 212 Å². The van der Waals surface area contributed by atoms with Crippen molar-refractivity contribution >= 4 is 45.7 Å². The minimum absolute atomic E-state index is 0.706. The Labute approximate surface area is 344 Å². The third kappa shape index (κ3) is 5.77. The summed E-state index contributed by atoms with van der Waals surface area (Å²) in [4.78, 5) is 7.52. The predicted octanol–water partition coefficient (Wildman–Crippen LogP) is 13.4. The van der Waals surface area contributed by atoms with Gasteiger partial charge in [-0.05, 0) is 76.9 Å². The maximum absolute atomic E-state index is 16.5. The fraction of sp³-hybridized carbons (Fsp3) is 0. The third-order valence-corrected chi connectivity index (χ3v) is 14.6. The van der Waals surface area contributed by atoms with Gasteiger partial charge in [-0.3, -0.25) is 0 Å². The molecule has 3 nitrogen and oxygen atoms in total. The standard InChI is InChI=1S/C55H35N2OP/c58-59(45-24-16-23-42(35-45)38-17-4-1-5-18-38)53-30-15-12-27-48(53)54-46-25-10-13-28-51(46)57(52-29-14-11-26-47(52)55(54)59)44-33-31-41(32-34-44)50-37-43(39-19-6-2-7-20-39)36-49(56-50)40-21-8-3-9-22-40/h1-14,16-29,31-37H. The average molecular weight is 771 g/mol. The number of fused-ring (bicyclic) bond motifs is 6. The van der Waals surface area contributed by atoms with Gasteiger partial charge in [-0.1, -0.05) is 170 Å². The lowest BCUT2D eigenvalue weighted by atomic mass is 9.95. The quantitative estimate of drug-likeness (QED) is 0.158. The lowest BCUT2D eigenvalue weighted by molar-refractivity contribution is 0.593. The smallest absolute Gasteiger partial charge is 0.181 e. The molecule has 0 saturated carbocycles. The van der Waals surface area contributed by atoms with Gasteiger partial charge in [0, 0.05) is 49.7 Å². The molecule has 8 aromatic carbocycles. The van der Waals surface area contributed by atoms with Gasteiger partial charge < -0.3 is 9.46 Å². The van der Waals surface area contributed by atoms with Gasteiger partial charge >= 0.3 is 0 Å². The van der Waals surface area contributed by atoms with Crippen molar-refractivity contribution in [1.29, 1.82) is 0 Å². The Kier molecular flexibility index (Phi) is 8.33. The van der Waals surface area contributed by atoms with E-state index in [4.69, 9.17) is 4.98 Å². The fourth-order valence-electron chi connectivity index (χ4n) is 8.75. The van der Waals surface area contributed by atoms with Gasteiger partial charge in [-0.2, -0.15) is 0 Å². The monoisotopic (exact) mass is 770 g/mol. The molecule has 1 aromatic heterocycles. The number of nitrogens with zero attached hydrogens (tertiary/aromatic N) is 2. The van der Waals surface area contributed by atoms with Gasteiger partial charge in [-0.25, -0.2) is 4.98 Å². The molecule has 0 fully saturated rings.